The smallest absolute Gasteiger partial charge is 0.416 e. The molecule has 2 N–H and O–H groups in total. The molecule has 8 heteroatoms. The maximum absolute atomic E-state index is 12.5. The number of halogens is 3. The first-order valence-electron chi connectivity index (χ1n) is 7.85. The largest absolute Gasteiger partial charge is 0.482 e. The molecule has 0 saturated heterocycles. The molecule has 5 nitrogen and oxygen atoms in total. The van der Waals surface area contributed by atoms with Crippen molar-refractivity contribution in [1.82, 2.24) is 5.48 Å². The highest BCUT2D eigenvalue weighted by Gasteiger charge is 2.29. The van der Waals surface area contributed by atoms with Gasteiger partial charge in [-0.25, -0.2) is 4.79 Å². The number of carboxylic acid groups (broad SMARTS) is 1. The van der Waals surface area contributed by atoms with Crippen LogP contribution in [0, 0.1) is 6.92 Å². The number of hydroxylamine groups is 1. The quantitative estimate of drug-likeness (QED) is 0.672. The van der Waals surface area contributed by atoms with Gasteiger partial charge in [0.05, 0.1) is 17.9 Å². The second kappa shape index (κ2) is 8.59. The lowest BCUT2D eigenvalue weighted by Gasteiger charge is -2.13. The third-order valence-electron chi connectivity index (χ3n) is 3.59. The van der Waals surface area contributed by atoms with E-state index in [1.165, 1.54) is 12.1 Å². The maximum Gasteiger partial charge on any atom is 0.416 e. The number of carboxylic acids is 1. The van der Waals surface area contributed by atoms with Gasteiger partial charge in [0.25, 0.3) is 0 Å². The summed E-state index contributed by atoms with van der Waals surface area (Å²) in [5, 5.41) is 8.63. The van der Waals surface area contributed by atoms with E-state index in [2.05, 4.69) is 12.1 Å². The predicted molar refractivity (Wildman–Crippen MR) is 92.7 cm³/mol. The Hall–Kier alpha value is -3.00. The molecule has 144 valence electrons. The number of aryl methyl sites for hydroxylation is 1. The Morgan fingerprint density at radius 2 is 1.85 bits per heavy atom. The molecule has 0 unspecified atom stereocenters. The van der Waals surface area contributed by atoms with Gasteiger partial charge in [-0.05, 0) is 53.9 Å². The van der Waals surface area contributed by atoms with Crippen molar-refractivity contribution in [3.63, 3.8) is 0 Å². The van der Waals surface area contributed by atoms with Crippen molar-refractivity contribution in [2.45, 2.75) is 19.7 Å². The van der Waals surface area contributed by atoms with E-state index < -0.39 is 24.3 Å². The fraction of sp³-hybridized carbons (Fsp3) is 0.211. The van der Waals surface area contributed by atoms with Crippen LogP contribution in [-0.2, 0) is 22.4 Å². The molecular weight excluding hydrogens is 363 g/mol. The molecule has 0 aromatic heterocycles. The third kappa shape index (κ3) is 6.03. The second-order valence-electron chi connectivity index (χ2n) is 5.73. The van der Waals surface area contributed by atoms with Crippen LogP contribution in [0.5, 0.6) is 5.75 Å². The number of aliphatic carboxylic acids is 1. The van der Waals surface area contributed by atoms with Crippen LogP contribution in [0.3, 0.4) is 0 Å². The van der Waals surface area contributed by atoms with Gasteiger partial charge in [0.2, 0.25) is 0 Å². The maximum atomic E-state index is 12.5. The zero-order valence-corrected chi connectivity index (χ0v) is 14.5. The lowest BCUT2D eigenvalue weighted by atomic mass is 10.1. The summed E-state index contributed by atoms with van der Waals surface area (Å²) in [5.74, 6) is -0.624. The van der Waals surface area contributed by atoms with Crippen molar-refractivity contribution in [2.75, 3.05) is 6.61 Å². The van der Waals surface area contributed by atoms with Crippen LogP contribution in [0.4, 0.5) is 13.2 Å². The van der Waals surface area contributed by atoms with E-state index in [1.807, 2.05) is 0 Å². The van der Waals surface area contributed by atoms with Crippen LogP contribution in [0.1, 0.15) is 22.3 Å². The van der Waals surface area contributed by atoms with Crippen molar-refractivity contribution >= 4 is 11.7 Å². The number of hydrogen-bond acceptors (Lipinski definition) is 4. The summed E-state index contributed by atoms with van der Waals surface area (Å²) >= 11 is 0. The topological polar surface area (TPSA) is 67.8 Å². The Bertz CT molecular complexity index is 817. The fourth-order valence-corrected chi connectivity index (χ4v) is 2.19. The summed E-state index contributed by atoms with van der Waals surface area (Å²) in [5.41, 5.74) is 4.34. The average Bonchev–Trinajstić information content (AvgIpc) is 2.60. The van der Waals surface area contributed by atoms with E-state index in [0.717, 1.165) is 17.7 Å². The van der Waals surface area contributed by atoms with E-state index in [4.69, 9.17) is 14.7 Å². The number of nitrogens with one attached hydrogen (secondary N) is 1. The number of ether oxygens (including phenoxy) is 1. The highest BCUT2D eigenvalue weighted by atomic mass is 19.4. The minimum atomic E-state index is -4.37. The molecule has 0 saturated carbocycles. The first-order chi connectivity index (χ1) is 12.7. The predicted octanol–water partition coefficient (Wildman–Crippen LogP) is 4.17. The lowest BCUT2D eigenvalue weighted by molar-refractivity contribution is -0.139. The van der Waals surface area contributed by atoms with Crippen LogP contribution in [0.15, 0.2) is 49.0 Å². The Labute approximate surface area is 154 Å². The molecule has 0 aliphatic heterocycles. The van der Waals surface area contributed by atoms with Crippen molar-refractivity contribution in [1.29, 1.82) is 0 Å². The van der Waals surface area contributed by atoms with Crippen molar-refractivity contribution in [3.8, 4) is 5.75 Å². The molecule has 2 aromatic carbocycles. The van der Waals surface area contributed by atoms with Crippen molar-refractivity contribution in [2.24, 2.45) is 0 Å². The monoisotopic (exact) mass is 381 g/mol. The number of carbonyl (C=O) groups is 1. The van der Waals surface area contributed by atoms with E-state index in [0.29, 0.717) is 22.6 Å². The Morgan fingerprint density at radius 3 is 2.41 bits per heavy atom. The first-order valence-corrected chi connectivity index (χ1v) is 7.85. The lowest BCUT2D eigenvalue weighted by Crippen LogP contribution is -2.13. The highest BCUT2D eigenvalue weighted by Crippen LogP contribution is 2.29. The molecule has 0 bridgehead atoms. The normalized spacial score (nSPS) is 11.1. The van der Waals surface area contributed by atoms with Crippen LogP contribution in [0.2, 0.25) is 0 Å². The van der Waals surface area contributed by atoms with E-state index in [-0.39, 0.29) is 6.61 Å². The molecule has 0 aliphatic rings. The Morgan fingerprint density at radius 1 is 1.19 bits per heavy atom. The number of alkyl halides is 3. The van der Waals surface area contributed by atoms with Gasteiger partial charge in [0, 0.05) is 0 Å². The molecular formula is C19H18F3NO4. The highest BCUT2D eigenvalue weighted by molar-refractivity contribution is 5.68. The summed E-state index contributed by atoms with van der Waals surface area (Å²) in [6, 6.07) is 9.71. The zero-order valence-electron chi connectivity index (χ0n) is 14.5. The molecule has 0 atom stereocenters. The number of hydrogen-bond donors (Lipinski definition) is 2. The summed E-state index contributed by atoms with van der Waals surface area (Å²) in [6.07, 6.45) is -4.37. The summed E-state index contributed by atoms with van der Waals surface area (Å²) in [7, 11) is 0. The van der Waals surface area contributed by atoms with Crippen molar-refractivity contribution in [3.05, 3.63) is 71.3 Å². The molecule has 0 heterocycles. The minimum Gasteiger partial charge on any atom is -0.482 e. The SMILES string of the molecule is C=C(NOCc1ccc(C(F)(F)F)cc1)c1ccc(OCC(=O)O)c(C)c1. The summed E-state index contributed by atoms with van der Waals surface area (Å²) in [6.45, 7) is 5.21. The minimum absolute atomic E-state index is 0.0515. The molecule has 0 amide bonds. The van der Waals surface area contributed by atoms with Gasteiger partial charge in [-0.15, -0.1) is 0 Å². The fourth-order valence-electron chi connectivity index (χ4n) is 2.19. The van der Waals surface area contributed by atoms with Gasteiger partial charge >= 0.3 is 12.1 Å². The van der Waals surface area contributed by atoms with E-state index in [1.54, 1.807) is 25.1 Å². The van der Waals surface area contributed by atoms with Gasteiger partial charge in [0.15, 0.2) is 6.61 Å². The molecule has 0 radical (unpaired) electrons. The standard InChI is InChI=1S/C19H18F3NO4/c1-12-9-15(5-8-17(12)26-11-18(24)25)13(2)23-27-10-14-3-6-16(7-4-14)19(20,21)22/h3-9,23H,2,10-11H2,1H3,(H,24,25). The van der Waals surface area contributed by atoms with E-state index in [9.17, 15) is 18.0 Å². The Kier molecular flexibility index (Phi) is 6.46. The summed E-state index contributed by atoms with van der Waals surface area (Å²) in [4.78, 5) is 15.8. The first kappa shape index (κ1) is 20.3. The molecule has 0 aliphatic carbocycles. The second-order valence-corrected chi connectivity index (χ2v) is 5.73. The third-order valence-corrected chi connectivity index (χ3v) is 3.59. The van der Waals surface area contributed by atoms with Gasteiger partial charge < -0.3 is 9.84 Å². The molecule has 27 heavy (non-hydrogen) atoms. The Balaban J connectivity index is 1.88. The molecule has 2 aromatic rings. The van der Waals surface area contributed by atoms with Crippen LogP contribution < -0.4 is 10.2 Å². The van der Waals surface area contributed by atoms with Gasteiger partial charge in [-0.3, -0.25) is 10.3 Å². The van der Waals surface area contributed by atoms with Gasteiger partial charge in [-0.2, -0.15) is 13.2 Å². The van der Waals surface area contributed by atoms with Crippen LogP contribution in [0.25, 0.3) is 5.70 Å². The van der Waals surface area contributed by atoms with Gasteiger partial charge in [0.1, 0.15) is 5.75 Å². The van der Waals surface area contributed by atoms with Crippen molar-refractivity contribution < 1.29 is 32.6 Å². The summed E-state index contributed by atoms with van der Waals surface area (Å²) < 4.78 is 42.7. The van der Waals surface area contributed by atoms with Gasteiger partial charge in [-0.1, -0.05) is 18.7 Å². The molecule has 0 fully saturated rings. The van der Waals surface area contributed by atoms with E-state index >= 15 is 0 Å². The van der Waals surface area contributed by atoms with Crippen LogP contribution in [-0.4, -0.2) is 17.7 Å². The van der Waals surface area contributed by atoms with Crippen LogP contribution >= 0.6 is 0 Å². The number of benzene rings is 2. The molecule has 2 rings (SSSR count). The average molecular weight is 381 g/mol. The zero-order chi connectivity index (χ0) is 20.0. The molecule has 0 spiro atoms. The number of rotatable bonds is 8.